The van der Waals surface area contributed by atoms with E-state index in [0.29, 0.717) is 38.3 Å². The van der Waals surface area contributed by atoms with Crippen LogP contribution in [0.4, 0.5) is 0 Å². The van der Waals surface area contributed by atoms with Gasteiger partial charge in [-0.3, -0.25) is 9.59 Å². The molecule has 2 aliphatic rings. The van der Waals surface area contributed by atoms with Gasteiger partial charge in [0.25, 0.3) is 11.8 Å². The first-order valence-corrected chi connectivity index (χ1v) is 8.79. The fourth-order valence-electron chi connectivity index (χ4n) is 3.82. The van der Waals surface area contributed by atoms with Crippen molar-refractivity contribution >= 4 is 17.3 Å². The number of nitrogens with one attached hydrogen (secondary N) is 1. The predicted molar refractivity (Wildman–Crippen MR) is 94.3 cm³/mol. The van der Waals surface area contributed by atoms with Gasteiger partial charge in [0.1, 0.15) is 5.60 Å². The van der Waals surface area contributed by atoms with Gasteiger partial charge in [-0.25, -0.2) is 0 Å². The zero-order chi connectivity index (χ0) is 18.4. The van der Waals surface area contributed by atoms with Crippen LogP contribution in [0.15, 0.2) is 42.9 Å². The Morgan fingerprint density at radius 2 is 2.00 bits per heavy atom. The van der Waals surface area contributed by atoms with Gasteiger partial charge in [0, 0.05) is 24.5 Å². The van der Waals surface area contributed by atoms with Crippen molar-refractivity contribution in [3.8, 4) is 0 Å². The molecular formula is C18H18N6O3. The predicted octanol–water partition coefficient (Wildman–Crippen LogP) is 0.425. The number of carbonyl (C=O) groups excluding carboxylic acids is 2. The molecule has 0 aromatic carbocycles. The number of hydrogen-bond acceptors (Lipinski definition) is 5. The molecule has 9 nitrogen and oxygen atoms in total. The minimum Gasteiger partial charge on any atom is -0.368 e. The van der Waals surface area contributed by atoms with E-state index in [2.05, 4.69) is 15.4 Å². The quantitative estimate of drug-likeness (QED) is 0.709. The maximum Gasteiger partial charge on any atom is 0.276 e. The highest BCUT2D eigenvalue weighted by molar-refractivity contribution is 5.96. The monoisotopic (exact) mass is 366 g/mol. The van der Waals surface area contributed by atoms with E-state index in [9.17, 15) is 9.59 Å². The third-order valence-electron chi connectivity index (χ3n) is 5.17. The minimum atomic E-state index is -0.494. The summed E-state index contributed by atoms with van der Waals surface area (Å²) in [6.07, 6.45) is 5.18. The van der Waals surface area contributed by atoms with Gasteiger partial charge in [0.2, 0.25) is 0 Å². The molecule has 138 valence electrons. The molecular weight excluding hydrogens is 348 g/mol. The van der Waals surface area contributed by atoms with Crippen molar-refractivity contribution in [3.05, 3.63) is 54.1 Å². The number of aromatic amines is 1. The van der Waals surface area contributed by atoms with Crippen molar-refractivity contribution in [1.82, 2.24) is 29.6 Å². The summed E-state index contributed by atoms with van der Waals surface area (Å²) in [6.45, 7) is 2.37. The van der Waals surface area contributed by atoms with E-state index in [0.717, 1.165) is 5.52 Å². The number of hydrogen-bond donors (Lipinski definition) is 1. The third kappa shape index (κ3) is 2.67. The molecule has 27 heavy (non-hydrogen) atoms. The van der Waals surface area contributed by atoms with E-state index in [4.69, 9.17) is 4.74 Å². The molecule has 0 radical (unpaired) electrons. The molecule has 0 saturated carbocycles. The van der Waals surface area contributed by atoms with Crippen LogP contribution in [0.5, 0.6) is 0 Å². The molecule has 1 spiro atoms. The summed E-state index contributed by atoms with van der Waals surface area (Å²) in [5.41, 5.74) is 1.44. The number of H-pyrrole nitrogens is 1. The zero-order valence-electron chi connectivity index (χ0n) is 14.5. The second-order valence-electron chi connectivity index (χ2n) is 7.04. The zero-order valence-corrected chi connectivity index (χ0v) is 14.5. The van der Waals surface area contributed by atoms with Crippen LogP contribution in [0.1, 0.15) is 20.8 Å². The van der Waals surface area contributed by atoms with Crippen LogP contribution in [-0.4, -0.2) is 79.8 Å². The number of rotatable bonds is 2. The Bertz CT molecular complexity index is 972. The first kappa shape index (κ1) is 16.0. The van der Waals surface area contributed by atoms with Gasteiger partial charge in [0.05, 0.1) is 38.0 Å². The van der Waals surface area contributed by atoms with Crippen molar-refractivity contribution in [3.63, 3.8) is 0 Å². The second-order valence-corrected chi connectivity index (χ2v) is 7.04. The highest BCUT2D eigenvalue weighted by Gasteiger charge is 2.50. The lowest BCUT2D eigenvalue weighted by Gasteiger charge is -2.53. The van der Waals surface area contributed by atoms with Crippen LogP contribution in [0.3, 0.4) is 0 Å². The number of pyridine rings is 1. The Morgan fingerprint density at radius 3 is 2.78 bits per heavy atom. The van der Waals surface area contributed by atoms with E-state index in [1.165, 1.54) is 6.20 Å². The summed E-state index contributed by atoms with van der Waals surface area (Å²) in [6, 6.07) is 7.74. The molecule has 3 aromatic heterocycles. The van der Waals surface area contributed by atoms with Crippen LogP contribution in [0.25, 0.3) is 5.52 Å². The molecule has 0 atom stereocenters. The van der Waals surface area contributed by atoms with Crippen LogP contribution in [0, 0.1) is 0 Å². The number of ether oxygens (including phenoxy) is 1. The Kier molecular flexibility index (Phi) is 3.51. The van der Waals surface area contributed by atoms with Gasteiger partial charge in [-0.05, 0) is 18.2 Å². The lowest BCUT2D eigenvalue weighted by atomic mass is 9.91. The summed E-state index contributed by atoms with van der Waals surface area (Å²) >= 11 is 0. The molecule has 2 amide bonds. The van der Waals surface area contributed by atoms with Crippen molar-refractivity contribution in [1.29, 1.82) is 0 Å². The molecule has 5 heterocycles. The highest BCUT2D eigenvalue weighted by Crippen LogP contribution is 2.30. The first-order valence-electron chi connectivity index (χ1n) is 8.79. The maximum atomic E-state index is 13.0. The fourth-order valence-corrected chi connectivity index (χ4v) is 3.82. The standard InChI is InChI=1S/C18H18N6O3/c25-16(13-7-14-3-1-2-4-22(14)9-13)23-5-6-27-18(10-23)11-24(12-18)17(26)15-8-19-21-20-15/h1-4,7-9H,5-6,10-12H2,(H,19,20,21). The number of nitrogens with zero attached hydrogens (tertiary/aromatic N) is 5. The summed E-state index contributed by atoms with van der Waals surface area (Å²) in [5.74, 6) is -0.192. The van der Waals surface area contributed by atoms with Gasteiger partial charge < -0.3 is 18.9 Å². The molecule has 9 heteroatoms. The van der Waals surface area contributed by atoms with E-state index in [1.54, 1.807) is 4.90 Å². The van der Waals surface area contributed by atoms with E-state index < -0.39 is 5.60 Å². The molecule has 2 fully saturated rings. The number of amides is 2. The number of likely N-dealkylation sites (tertiary alicyclic amines) is 1. The van der Waals surface area contributed by atoms with Crippen LogP contribution >= 0.6 is 0 Å². The molecule has 1 N–H and O–H groups in total. The number of carbonyl (C=O) groups is 2. The SMILES string of the molecule is O=C(c1cc2ccccn2c1)N1CCOC2(C1)CN(C(=O)c1cn[nH]n1)C2. The van der Waals surface area contributed by atoms with Gasteiger partial charge in [-0.15, -0.1) is 0 Å². The Hall–Kier alpha value is -3.20. The van der Waals surface area contributed by atoms with Gasteiger partial charge in [0.15, 0.2) is 5.69 Å². The first-order chi connectivity index (χ1) is 13.1. The lowest BCUT2D eigenvalue weighted by molar-refractivity contribution is -0.164. The Morgan fingerprint density at radius 1 is 1.15 bits per heavy atom. The third-order valence-corrected chi connectivity index (χ3v) is 5.17. The van der Waals surface area contributed by atoms with Crippen LogP contribution in [0.2, 0.25) is 0 Å². The smallest absolute Gasteiger partial charge is 0.276 e. The summed E-state index contributed by atoms with van der Waals surface area (Å²) in [7, 11) is 0. The lowest BCUT2D eigenvalue weighted by Crippen LogP contribution is -2.71. The van der Waals surface area contributed by atoms with E-state index >= 15 is 0 Å². The largest absolute Gasteiger partial charge is 0.368 e. The van der Waals surface area contributed by atoms with Crippen molar-refractivity contribution < 1.29 is 14.3 Å². The average Bonchev–Trinajstić information content (AvgIpc) is 3.34. The molecule has 0 bridgehead atoms. The van der Waals surface area contributed by atoms with Crippen molar-refractivity contribution in [2.45, 2.75) is 5.60 Å². The second kappa shape index (κ2) is 5.92. The van der Waals surface area contributed by atoms with Gasteiger partial charge >= 0.3 is 0 Å². The van der Waals surface area contributed by atoms with Gasteiger partial charge in [-0.1, -0.05) is 6.07 Å². The highest BCUT2D eigenvalue weighted by atomic mass is 16.5. The van der Waals surface area contributed by atoms with Crippen molar-refractivity contribution in [2.24, 2.45) is 0 Å². The Balaban J connectivity index is 1.29. The summed E-state index contributed by atoms with van der Waals surface area (Å²) < 4.78 is 7.87. The number of fused-ring (bicyclic) bond motifs is 1. The maximum absolute atomic E-state index is 13.0. The molecule has 5 rings (SSSR count). The minimum absolute atomic E-state index is 0.0114. The average molecular weight is 366 g/mol. The number of morpholine rings is 1. The van der Waals surface area contributed by atoms with Crippen LogP contribution in [-0.2, 0) is 4.74 Å². The molecule has 0 aliphatic carbocycles. The van der Waals surface area contributed by atoms with Crippen LogP contribution < -0.4 is 0 Å². The van der Waals surface area contributed by atoms with Gasteiger partial charge in [-0.2, -0.15) is 15.4 Å². The molecule has 3 aromatic rings. The van der Waals surface area contributed by atoms with E-state index in [1.807, 2.05) is 46.0 Å². The molecule has 2 aliphatic heterocycles. The molecule has 2 saturated heterocycles. The van der Waals surface area contributed by atoms with E-state index in [-0.39, 0.29) is 17.5 Å². The topological polar surface area (TPSA) is 95.8 Å². The molecule has 0 unspecified atom stereocenters. The Labute approximate surface area is 154 Å². The summed E-state index contributed by atoms with van der Waals surface area (Å²) in [5, 5.41) is 9.93. The van der Waals surface area contributed by atoms with Crippen molar-refractivity contribution in [2.75, 3.05) is 32.8 Å². The summed E-state index contributed by atoms with van der Waals surface area (Å²) in [4.78, 5) is 28.7. The number of aromatic nitrogens is 4. The normalized spacial score (nSPS) is 18.7. The fraction of sp³-hybridized carbons (Fsp3) is 0.333.